The van der Waals surface area contributed by atoms with Crippen molar-refractivity contribution in [3.05, 3.63) is 106 Å². The molecule has 288 valence electrons. The third-order valence-electron chi connectivity index (χ3n) is 10.2. The number of piperidine rings is 2. The van der Waals surface area contributed by atoms with E-state index in [-0.39, 0.29) is 41.4 Å². The molecular formula is C43H59N4O6-. The number of nitrogens with two attached hydrogens (primary N) is 1. The van der Waals surface area contributed by atoms with E-state index in [4.69, 9.17) is 10.5 Å². The number of nitrogens with one attached hydrogen (secondary N) is 1. The Bertz CT molecular complexity index is 1700. The molecule has 6 atom stereocenters. The molecule has 3 amide bonds. The minimum Gasteiger partial charge on any atom is -0.545 e. The Balaban J connectivity index is 0.000000234. The fourth-order valence-corrected chi connectivity index (χ4v) is 7.30. The van der Waals surface area contributed by atoms with E-state index in [0.717, 1.165) is 18.5 Å². The van der Waals surface area contributed by atoms with Gasteiger partial charge in [-0.2, -0.15) is 0 Å². The Morgan fingerprint density at radius 1 is 0.774 bits per heavy atom. The van der Waals surface area contributed by atoms with Gasteiger partial charge < -0.3 is 35.5 Å². The summed E-state index contributed by atoms with van der Waals surface area (Å²) in [4.78, 5) is 50.9. The number of amides is 3. The molecule has 0 aromatic heterocycles. The normalized spacial score (nSPS) is 22.8. The first-order chi connectivity index (χ1) is 24.9. The van der Waals surface area contributed by atoms with Crippen LogP contribution in [0.2, 0.25) is 0 Å². The van der Waals surface area contributed by atoms with Crippen molar-refractivity contribution in [3.8, 4) is 0 Å². The van der Waals surface area contributed by atoms with Crippen molar-refractivity contribution >= 4 is 23.9 Å². The summed E-state index contributed by atoms with van der Waals surface area (Å²) in [6.45, 7) is 21.1. The Labute approximate surface area is 316 Å². The summed E-state index contributed by atoms with van der Waals surface area (Å²) in [6.07, 6.45) is 0.794. The lowest BCUT2D eigenvalue weighted by molar-refractivity contribution is -0.255. The number of carbonyl (C=O) groups excluding carboxylic acids is 4. The van der Waals surface area contributed by atoms with Crippen LogP contribution in [0.5, 0.6) is 0 Å². The van der Waals surface area contributed by atoms with Gasteiger partial charge in [0.1, 0.15) is 11.6 Å². The molecule has 10 heteroatoms. The lowest BCUT2D eigenvalue weighted by Gasteiger charge is -2.43. The number of carbonyl (C=O) groups is 4. The first-order valence-electron chi connectivity index (χ1n) is 18.6. The Morgan fingerprint density at radius 2 is 1.23 bits per heavy atom. The van der Waals surface area contributed by atoms with E-state index in [1.54, 1.807) is 12.1 Å². The quantitative estimate of drug-likeness (QED) is 0.316. The third-order valence-corrected chi connectivity index (χ3v) is 10.2. The Morgan fingerprint density at radius 3 is 1.66 bits per heavy atom. The van der Waals surface area contributed by atoms with E-state index < -0.39 is 23.7 Å². The van der Waals surface area contributed by atoms with Gasteiger partial charge in [-0.15, -0.1) is 0 Å². The van der Waals surface area contributed by atoms with Crippen molar-refractivity contribution in [3.63, 3.8) is 0 Å². The van der Waals surface area contributed by atoms with Crippen LogP contribution >= 0.6 is 0 Å². The summed E-state index contributed by atoms with van der Waals surface area (Å²) < 4.78 is 5.33. The molecule has 2 aliphatic heterocycles. The summed E-state index contributed by atoms with van der Waals surface area (Å²) in [5.74, 6) is -0.543. The zero-order valence-corrected chi connectivity index (χ0v) is 33.1. The molecule has 0 spiro atoms. The molecule has 3 aromatic rings. The minimum atomic E-state index is -1.12. The van der Waals surface area contributed by atoms with Gasteiger partial charge in [0.2, 0.25) is 11.8 Å². The minimum absolute atomic E-state index is 0.0364. The van der Waals surface area contributed by atoms with Crippen LogP contribution in [0.3, 0.4) is 0 Å². The van der Waals surface area contributed by atoms with Crippen molar-refractivity contribution < 1.29 is 29.0 Å². The molecule has 5 rings (SSSR count). The van der Waals surface area contributed by atoms with Gasteiger partial charge in [-0.25, -0.2) is 4.79 Å². The SMILES string of the molecule is CCN1C(=O)C(NC(=O)OC(C)(C)C)C[C@@H](c2ccccc2C)[C@H]1C.CCN1C(=O)[C@@H](N)C[C@@H](c2ccccc2C)[C@H]1C.Cc1ccc(C(=O)[O-])cc1. The zero-order valence-electron chi connectivity index (χ0n) is 33.1. The van der Waals surface area contributed by atoms with E-state index in [2.05, 4.69) is 69.4 Å². The van der Waals surface area contributed by atoms with Crippen LogP contribution < -0.4 is 16.2 Å². The number of carboxylic acids is 1. The molecule has 2 fully saturated rings. The molecule has 2 aliphatic rings. The smallest absolute Gasteiger partial charge is 0.408 e. The van der Waals surface area contributed by atoms with Crippen LogP contribution in [0.4, 0.5) is 4.79 Å². The largest absolute Gasteiger partial charge is 0.545 e. The van der Waals surface area contributed by atoms with Crippen molar-refractivity contribution in [2.45, 2.75) is 124 Å². The molecule has 53 heavy (non-hydrogen) atoms. The van der Waals surface area contributed by atoms with Gasteiger partial charge in [0, 0.05) is 37.0 Å². The van der Waals surface area contributed by atoms with Gasteiger partial charge in [-0.3, -0.25) is 9.59 Å². The van der Waals surface area contributed by atoms with Crippen molar-refractivity contribution in [1.29, 1.82) is 0 Å². The maximum absolute atomic E-state index is 12.8. The highest BCUT2D eigenvalue weighted by Gasteiger charge is 2.41. The maximum atomic E-state index is 12.8. The van der Waals surface area contributed by atoms with Crippen LogP contribution in [0.1, 0.15) is 111 Å². The molecule has 10 nitrogen and oxygen atoms in total. The van der Waals surface area contributed by atoms with Crippen molar-refractivity contribution in [2.24, 2.45) is 5.73 Å². The number of benzene rings is 3. The lowest BCUT2D eigenvalue weighted by Crippen LogP contribution is -2.58. The van der Waals surface area contributed by atoms with Gasteiger partial charge in [-0.05, 0) is 110 Å². The number of hydrogen-bond donors (Lipinski definition) is 2. The monoisotopic (exact) mass is 727 g/mol. The van der Waals surface area contributed by atoms with Gasteiger partial charge >= 0.3 is 6.09 Å². The number of likely N-dealkylation sites (tertiary alicyclic amines) is 2. The zero-order chi connectivity index (χ0) is 39.6. The highest BCUT2D eigenvalue weighted by Crippen LogP contribution is 2.36. The second kappa shape index (κ2) is 18.9. The van der Waals surface area contributed by atoms with Crippen LogP contribution in [-0.4, -0.2) is 76.5 Å². The summed E-state index contributed by atoms with van der Waals surface area (Å²) in [6, 6.07) is 22.6. The first-order valence-corrected chi connectivity index (χ1v) is 18.6. The second-order valence-electron chi connectivity index (χ2n) is 15.1. The van der Waals surface area contributed by atoms with Crippen LogP contribution in [0.25, 0.3) is 0 Å². The average Bonchev–Trinajstić information content (AvgIpc) is 3.09. The Hall–Kier alpha value is -4.70. The average molecular weight is 728 g/mol. The van der Waals surface area contributed by atoms with E-state index in [1.807, 2.05) is 63.5 Å². The molecular weight excluding hydrogens is 668 g/mol. The fraction of sp³-hybridized carbons (Fsp3) is 0.488. The summed E-state index contributed by atoms with van der Waals surface area (Å²) in [7, 11) is 0. The highest BCUT2D eigenvalue weighted by atomic mass is 16.6. The fourth-order valence-electron chi connectivity index (χ4n) is 7.30. The highest BCUT2D eigenvalue weighted by molar-refractivity contribution is 5.87. The summed E-state index contributed by atoms with van der Waals surface area (Å²) in [5.41, 5.74) is 11.7. The molecule has 3 aromatic carbocycles. The summed E-state index contributed by atoms with van der Waals surface area (Å²) in [5, 5.41) is 13.0. The van der Waals surface area contributed by atoms with E-state index in [9.17, 15) is 24.3 Å². The number of carboxylic acid groups (broad SMARTS) is 1. The molecule has 2 heterocycles. The molecule has 0 bridgehead atoms. The van der Waals surface area contributed by atoms with E-state index in [0.29, 0.717) is 18.9 Å². The number of hydrogen-bond acceptors (Lipinski definition) is 7. The van der Waals surface area contributed by atoms with E-state index >= 15 is 0 Å². The van der Waals surface area contributed by atoms with Gasteiger partial charge in [0.25, 0.3) is 0 Å². The van der Waals surface area contributed by atoms with Crippen LogP contribution in [0.15, 0.2) is 72.8 Å². The number of nitrogens with zero attached hydrogens (tertiary/aromatic N) is 2. The van der Waals surface area contributed by atoms with Crippen molar-refractivity contribution in [1.82, 2.24) is 15.1 Å². The number of aromatic carboxylic acids is 1. The first kappa shape index (κ1) is 42.7. The number of aryl methyl sites for hydroxylation is 3. The predicted molar refractivity (Wildman–Crippen MR) is 207 cm³/mol. The van der Waals surface area contributed by atoms with Crippen LogP contribution in [-0.2, 0) is 14.3 Å². The second-order valence-corrected chi connectivity index (χ2v) is 15.1. The topological polar surface area (TPSA) is 145 Å². The number of rotatable bonds is 6. The van der Waals surface area contributed by atoms with Gasteiger partial charge in [-0.1, -0.05) is 78.4 Å². The van der Waals surface area contributed by atoms with Crippen molar-refractivity contribution in [2.75, 3.05) is 13.1 Å². The molecule has 0 saturated carbocycles. The molecule has 3 N–H and O–H groups in total. The summed E-state index contributed by atoms with van der Waals surface area (Å²) >= 11 is 0. The number of ether oxygens (including phenoxy) is 1. The predicted octanol–water partition coefficient (Wildman–Crippen LogP) is 6.02. The molecule has 2 saturated heterocycles. The number of likely N-dealkylation sites (N-methyl/N-ethyl adjacent to an activating group) is 2. The maximum Gasteiger partial charge on any atom is 0.408 e. The molecule has 1 unspecified atom stereocenters. The van der Waals surface area contributed by atoms with Gasteiger partial charge in [0.05, 0.1) is 12.0 Å². The molecule has 0 aliphatic carbocycles. The van der Waals surface area contributed by atoms with Crippen LogP contribution in [0, 0.1) is 20.8 Å². The molecule has 0 radical (unpaired) electrons. The Kier molecular flexibility index (Phi) is 15.2. The standard InChI is InChI=1S/C20H30N2O3.C15H22N2O.C8H8O2/c1-7-22-14(3)16(15-11-9-8-10-13(15)2)12-17(18(22)23)21-19(24)25-20(4,5)6;1-4-17-11(3)13(9-14(16)15(17)18)12-8-6-5-7-10(12)2;1-6-2-4-7(5-3-6)8(9)10/h8-11,14,16-17H,7,12H2,1-6H3,(H,21,24);5-8,11,13-14H,4,9,16H2,1-3H3;2-5H,1H3,(H,9,10)/p-1/t14-,16-,17?;11-,13-,14+;/m11./s1. The van der Waals surface area contributed by atoms with E-state index in [1.165, 1.54) is 34.4 Å². The number of alkyl carbamates (subject to hydrolysis) is 1. The third kappa shape index (κ3) is 11.4. The lowest BCUT2D eigenvalue weighted by atomic mass is 9.80. The van der Waals surface area contributed by atoms with Gasteiger partial charge in [0.15, 0.2) is 0 Å².